The average Bonchev–Trinajstić information content (AvgIpc) is 2.78. The first-order chi connectivity index (χ1) is 15.7. The first-order valence-electron chi connectivity index (χ1n) is 10.5. The van der Waals surface area contributed by atoms with Crippen LogP contribution in [0.2, 0.25) is 0 Å². The van der Waals surface area contributed by atoms with Crippen molar-refractivity contribution in [3.05, 3.63) is 89.8 Å². The molecule has 1 fully saturated rings. The van der Waals surface area contributed by atoms with Crippen LogP contribution < -0.4 is 4.90 Å². The van der Waals surface area contributed by atoms with Crippen LogP contribution in [0.15, 0.2) is 72.8 Å². The van der Waals surface area contributed by atoms with Crippen molar-refractivity contribution in [1.29, 1.82) is 0 Å². The number of ether oxygens (including phenoxy) is 1. The number of alkyl halides is 3. The minimum absolute atomic E-state index is 0.0223. The van der Waals surface area contributed by atoms with Gasteiger partial charge in [-0.25, -0.2) is 4.39 Å². The molecule has 4 nitrogen and oxygen atoms in total. The van der Waals surface area contributed by atoms with E-state index in [4.69, 9.17) is 4.74 Å². The molecule has 8 heteroatoms. The van der Waals surface area contributed by atoms with E-state index < -0.39 is 34.8 Å². The maximum absolute atomic E-state index is 14.1. The number of carbonyl (C=O) groups is 2. The minimum Gasteiger partial charge on any atom is -0.347 e. The highest BCUT2D eigenvalue weighted by Gasteiger charge is 2.46. The Kier molecular flexibility index (Phi) is 6.21. The maximum atomic E-state index is 14.1. The lowest BCUT2D eigenvalue weighted by Gasteiger charge is -2.46. The molecule has 1 heterocycles. The number of ketones is 1. The van der Waals surface area contributed by atoms with Gasteiger partial charge < -0.3 is 4.74 Å². The van der Waals surface area contributed by atoms with Crippen molar-refractivity contribution in [1.82, 2.24) is 0 Å². The average molecular weight is 459 g/mol. The Morgan fingerprint density at radius 3 is 2.36 bits per heavy atom. The molecule has 1 saturated heterocycles. The van der Waals surface area contributed by atoms with Gasteiger partial charge in [-0.05, 0) is 73.4 Å². The van der Waals surface area contributed by atoms with E-state index in [0.29, 0.717) is 5.69 Å². The minimum atomic E-state index is -4.66. The Morgan fingerprint density at radius 1 is 1.00 bits per heavy atom. The maximum Gasteiger partial charge on any atom is 0.416 e. The topological polar surface area (TPSA) is 46.6 Å². The molecule has 0 N–H and O–H groups in total. The highest BCUT2D eigenvalue weighted by atomic mass is 19.4. The first kappa shape index (κ1) is 22.9. The summed E-state index contributed by atoms with van der Waals surface area (Å²) in [5.41, 5.74) is -2.09. The Balaban J connectivity index is 1.54. The van der Waals surface area contributed by atoms with Gasteiger partial charge in [-0.3, -0.25) is 14.5 Å². The second-order valence-corrected chi connectivity index (χ2v) is 7.99. The predicted molar refractivity (Wildman–Crippen MR) is 114 cm³/mol. The molecule has 1 amide bonds. The van der Waals surface area contributed by atoms with Gasteiger partial charge in [0.2, 0.25) is 5.91 Å². The molecule has 1 aliphatic carbocycles. The van der Waals surface area contributed by atoms with E-state index in [2.05, 4.69) is 0 Å². The molecule has 33 heavy (non-hydrogen) atoms. The number of allylic oxidation sites excluding steroid dienone is 2. The lowest BCUT2D eigenvalue weighted by Crippen LogP contribution is -2.59. The lowest BCUT2D eigenvalue weighted by atomic mass is 9.92. The van der Waals surface area contributed by atoms with Crippen molar-refractivity contribution < 1.29 is 31.9 Å². The molecular weight excluding hydrogens is 438 g/mol. The van der Waals surface area contributed by atoms with Crippen LogP contribution in [0.25, 0.3) is 0 Å². The third-order valence-corrected chi connectivity index (χ3v) is 5.83. The van der Waals surface area contributed by atoms with Crippen LogP contribution in [0.4, 0.5) is 23.2 Å². The zero-order valence-corrected chi connectivity index (χ0v) is 17.5. The summed E-state index contributed by atoms with van der Waals surface area (Å²) in [6.07, 6.45) is 1.28. The number of para-hydroxylation sites is 1. The summed E-state index contributed by atoms with van der Waals surface area (Å²) in [4.78, 5) is 26.5. The van der Waals surface area contributed by atoms with Gasteiger partial charge in [-0.15, -0.1) is 0 Å². The van der Waals surface area contributed by atoms with E-state index >= 15 is 0 Å². The predicted octanol–water partition coefficient (Wildman–Crippen LogP) is 5.24. The van der Waals surface area contributed by atoms with Gasteiger partial charge in [0.05, 0.1) is 18.1 Å². The van der Waals surface area contributed by atoms with Gasteiger partial charge in [0.1, 0.15) is 5.82 Å². The lowest BCUT2D eigenvalue weighted by molar-refractivity contribution is -0.139. The van der Waals surface area contributed by atoms with Crippen LogP contribution in [0.1, 0.15) is 24.0 Å². The molecule has 0 bridgehead atoms. The summed E-state index contributed by atoms with van der Waals surface area (Å²) >= 11 is 0. The van der Waals surface area contributed by atoms with Crippen molar-refractivity contribution >= 4 is 17.4 Å². The van der Waals surface area contributed by atoms with E-state index in [1.165, 1.54) is 29.2 Å². The second kappa shape index (κ2) is 8.94. The number of benzene rings is 2. The molecule has 1 unspecified atom stereocenters. The van der Waals surface area contributed by atoms with Gasteiger partial charge in [-0.2, -0.15) is 13.2 Å². The van der Waals surface area contributed by atoms with Crippen LogP contribution >= 0.6 is 0 Å². The third kappa shape index (κ3) is 4.61. The monoisotopic (exact) mass is 459 g/mol. The summed E-state index contributed by atoms with van der Waals surface area (Å²) in [7, 11) is 0. The largest absolute Gasteiger partial charge is 0.416 e. The summed E-state index contributed by atoms with van der Waals surface area (Å²) in [5.74, 6) is -2.04. The SMILES string of the molecule is O=C1C=CC2(C=C1)OCC(CCCc1c(F)cccc1C(F)(F)F)C(=O)N2c1ccccc1. The van der Waals surface area contributed by atoms with Crippen LogP contribution in [-0.4, -0.2) is 24.0 Å². The Labute approximate surface area is 188 Å². The van der Waals surface area contributed by atoms with Gasteiger partial charge in [0.15, 0.2) is 11.5 Å². The summed E-state index contributed by atoms with van der Waals surface area (Å²) < 4.78 is 59.9. The second-order valence-electron chi connectivity index (χ2n) is 7.99. The molecule has 0 aromatic heterocycles. The molecule has 1 atom stereocenters. The Bertz CT molecular complexity index is 1090. The normalized spacial score (nSPS) is 20.0. The molecule has 1 spiro atoms. The highest BCUT2D eigenvalue weighted by Crippen LogP contribution is 2.38. The van der Waals surface area contributed by atoms with E-state index in [1.54, 1.807) is 30.3 Å². The third-order valence-electron chi connectivity index (χ3n) is 5.83. The Hall–Kier alpha value is -3.26. The van der Waals surface area contributed by atoms with Crippen molar-refractivity contribution in [3.8, 4) is 0 Å². The van der Waals surface area contributed by atoms with Crippen molar-refractivity contribution in [2.75, 3.05) is 11.5 Å². The first-order valence-corrected chi connectivity index (χ1v) is 10.5. The number of carbonyl (C=O) groups excluding carboxylic acids is 2. The number of hydrogen-bond donors (Lipinski definition) is 0. The highest BCUT2D eigenvalue weighted by molar-refractivity contribution is 6.03. The molecule has 172 valence electrons. The number of anilines is 1. The zero-order chi connectivity index (χ0) is 23.6. The van der Waals surface area contributed by atoms with Crippen LogP contribution in [0.5, 0.6) is 0 Å². The molecule has 0 saturated carbocycles. The fourth-order valence-electron chi connectivity index (χ4n) is 4.20. The number of amides is 1. The van der Waals surface area contributed by atoms with Crippen molar-refractivity contribution in [2.45, 2.75) is 31.2 Å². The summed E-state index contributed by atoms with van der Waals surface area (Å²) in [6.45, 7) is 0.0223. The zero-order valence-electron chi connectivity index (χ0n) is 17.5. The van der Waals surface area contributed by atoms with E-state index in [1.807, 2.05) is 0 Å². The van der Waals surface area contributed by atoms with Gasteiger partial charge >= 0.3 is 6.18 Å². The van der Waals surface area contributed by atoms with Crippen LogP contribution in [0.3, 0.4) is 0 Å². The van der Waals surface area contributed by atoms with E-state index in [-0.39, 0.29) is 37.6 Å². The fraction of sp³-hybridized carbons (Fsp3) is 0.280. The molecular formula is C25H21F4NO3. The molecule has 4 rings (SSSR count). The standard InChI is InChI=1S/C25H21F4NO3/c26-22-11-5-10-21(25(27,28)29)20(22)9-4-6-17-16-33-24(14-12-19(31)13-15-24)30(23(17)32)18-7-2-1-3-8-18/h1-3,5,7-8,10-15,17H,4,6,9,16H2. The van der Waals surface area contributed by atoms with Gasteiger partial charge in [0.25, 0.3) is 0 Å². The van der Waals surface area contributed by atoms with E-state index in [0.717, 1.165) is 18.2 Å². The van der Waals surface area contributed by atoms with Crippen LogP contribution in [-0.2, 0) is 26.9 Å². The number of nitrogens with zero attached hydrogens (tertiary/aromatic N) is 1. The quantitative estimate of drug-likeness (QED) is 0.575. The molecule has 2 aliphatic rings. The smallest absolute Gasteiger partial charge is 0.347 e. The number of halogens is 4. The number of hydrogen-bond acceptors (Lipinski definition) is 3. The Morgan fingerprint density at radius 2 is 1.70 bits per heavy atom. The molecule has 0 radical (unpaired) electrons. The molecule has 2 aromatic carbocycles. The number of rotatable bonds is 5. The van der Waals surface area contributed by atoms with Gasteiger partial charge in [-0.1, -0.05) is 24.3 Å². The van der Waals surface area contributed by atoms with Gasteiger partial charge in [0, 0.05) is 5.69 Å². The van der Waals surface area contributed by atoms with E-state index in [9.17, 15) is 27.2 Å². The fourth-order valence-corrected chi connectivity index (χ4v) is 4.20. The van der Waals surface area contributed by atoms with Crippen molar-refractivity contribution in [2.24, 2.45) is 5.92 Å². The summed E-state index contributed by atoms with van der Waals surface area (Å²) in [5, 5.41) is 0. The van der Waals surface area contributed by atoms with Crippen LogP contribution in [0, 0.1) is 11.7 Å². The molecule has 2 aromatic rings. The summed E-state index contributed by atoms with van der Waals surface area (Å²) in [6, 6.07) is 11.7. The van der Waals surface area contributed by atoms with Crippen molar-refractivity contribution in [3.63, 3.8) is 0 Å². The molecule has 1 aliphatic heterocycles.